The minimum atomic E-state index is -0.513. The molecule has 50 heavy (non-hydrogen) atoms. The Morgan fingerprint density at radius 2 is 1.46 bits per heavy atom. The van der Waals surface area contributed by atoms with Gasteiger partial charge in [-0.25, -0.2) is 0 Å². The van der Waals surface area contributed by atoms with Crippen LogP contribution >= 0.6 is 0 Å². The van der Waals surface area contributed by atoms with Gasteiger partial charge in [0.1, 0.15) is 18.0 Å². The van der Waals surface area contributed by atoms with Crippen LogP contribution in [0, 0.1) is 11.8 Å². The van der Waals surface area contributed by atoms with Crippen molar-refractivity contribution in [1.82, 2.24) is 14.9 Å². The van der Waals surface area contributed by atoms with Gasteiger partial charge in [0.2, 0.25) is 5.91 Å². The summed E-state index contributed by atoms with van der Waals surface area (Å²) >= 11 is 0. The lowest BCUT2D eigenvalue weighted by Gasteiger charge is -2.52. The normalized spacial score (nSPS) is 23.4. The number of hydroxylamine groups is 2. The number of likely N-dealkylation sites (tertiary alicyclic amines) is 1. The molecule has 4 aromatic rings. The van der Waals surface area contributed by atoms with Crippen LogP contribution in [0.1, 0.15) is 47.7 Å². The molecule has 7 atom stereocenters. The monoisotopic (exact) mass is 675 g/mol. The smallest absolute Gasteiger partial charge is 0.302 e. The topological polar surface area (TPSA) is 71.6 Å². The van der Waals surface area contributed by atoms with Crippen molar-refractivity contribution in [1.29, 1.82) is 0 Å². The maximum absolute atomic E-state index is 13.6. The molecular formula is C42H49N3O5. The van der Waals surface area contributed by atoms with E-state index in [4.69, 9.17) is 14.3 Å². The highest BCUT2D eigenvalue weighted by Gasteiger charge is 2.56. The molecule has 8 nitrogen and oxygen atoms in total. The number of methoxy groups -OCH3 is 1. The number of esters is 1. The Morgan fingerprint density at radius 1 is 0.860 bits per heavy atom. The molecule has 0 unspecified atom stereocenters. The number of hydrogen-bond donors (Lipinski definition) is 0. The molecule has 4 aromatic carbocycles. The van der Waals surface area contributed by atoms with Crippen molar-refractivity contribution in [2.24, 2.45) is 11.8 Å². The molecule has 0 spiro atoms. The van der Waals surface area contributed by atoms with Crippen LogP contribution in [0.3, 0.4) is 0 Å². The van der Waals surface area contributed by atoms with E-state index in [0.29, 0.717) is 19.4 Å². The molecule has 2 fully saturated rings. The largest absolute Gasteiger partial charge is 0.497 e. The molecule has 0 bridgehead atoms. The molecule has 0 aromatic heterocycles. The van der Waals surface area contributed by atoms with Gasteiger partial charge in [0.05, 0.1) is 19.2 Å². The Labute approximate surface area is 296 Å². The first-order valence-corrected chi connectivity index (χ1v) is 17.5. The highest BCUT2D eigenvalue weighted by Crippen LogP contribution is 2.51. The van der Waals surface area contributed by atoms with Gasteiger partial charge in [0.25, 0.3) is 0 Å². The first-order chi connectivity index (χ1) is 24.2. The molecule has 6 rings (SSSR count). The van der Waals surface area contributed by atoms with E-state index < -0.39 is 6.10 Å². The third-order valence-electron chi connectivity index (χ3n) is 10.4. The summed E-state index contributed by atoms with van der Waals surface area (Å²) < 4.78 is 11.9. The van der Waals surface area contributed by atoms with E-state index in [0.717, 1.165) is 28.9 Å². The maximum atomic E-state index is 13.6. The number of rotatable bonds is 12. The van der Waals surface area contributed by atoms with Crippen LogP contribution in [0.25, 0.3) is 0 Å². The molecule has 2 aliphatic rings. The lowest BCUT2D eigenvalue weighted by molar-refractivity contribution is -0.163. The van der Waals surface area contributed by atoms with E-state index in [-0.39, 0.29) is 47.9 Å². The molecule has 0 aliphatic carbocycles. The first-order valence-electron chi connectivity index (χ1n) is 17.5. The van der Waals surface area contributed by atoms with Gasteiger partial charge in [-0.3, -0.25) is 19.3 Å². The van der Waals surface area contributed by atoms with Crippen LogP contribution in [0.5, 0.6) is 5.75 Å². The van der Waals surface area contributed by atoms with Crippen molar-refractivity contribution in [2.45, 2.75) is 56.5 Å². The van der Waals surface area contributed by atoms with Crippen molar-refractivity contribution >= 4 is 11.9 Å². The number of carbonyl (C=O) groups excluding carboxylic acids is 2. The number of carbonyl (C=O) groups is 2. The highest BCUT2D eigenvalue weighted by molar-refractivity contribution is 5.76. The van der Waals surface area contributed by atoms with Crippen molar-refractivity contribution < 1.29 is 23.9 Å². The van der Waals surface area contributed by atoms with Gasteiger partial charge in [0, 0.05) is 59.4 Å². The second-order valence-electron chi connectivity index (χ2n) is 13.8. The van der Waals surface area contributed by atoms with Gasteiger partial charge in [-0.15, -0.1) is 0 Å². The summed E-state index contributed by atoms with van der Waals surface area (Å²) in [4.78, 5) is 37.5. The fourth-order valence-electron chi connectivity index (χ4n) is 8.13. The lowest BCUT2D eigenvalue weighted by Crippen LogP contribution is -2.62. The summed E-state index contributed by atoms with van der Waals surface area (Å²) in [5.41, 5.74) is 4.41. The van der Waals surface area contributed by atoms with Gasteiger partial charge >= 0.3 is 5.97 Å². The molecule has 1 amide bonds. The summed E-state index contributed by atoms with van der Waals surface area (Å²) in [6, 6.07) is 38.8. The zero-order valence-electron chi connectivity index (χ0n) is 29.7. The molecule has 8 heteroatoms. The van der Waals surface area contributed by atoms with Crippen molar-refractivity contribution in [3.8, 4) is 5.75 Å². The number of likely N-dealkylation sites (N-methyl/N-ethyl adjacent to an activating group) is 1. The maximum Gasteiger partial charge on any atom is 0.302 e. The number of nitrogens with zero attached hydrogens (tertiary/aromatic N) is 3. The Balaban J connectivity index is 1.52. The summed E-state index contributed by atoms with van der Waals surface area (Å²) in [5, 5.41) is 2.04. The van der Waals surface area contributed by atoms with E-state index in [1.165, 1.54) is 12.5 Å². The van der Waals surface area contributed by atoms with E-state index in [9.17, 15) is 9.59 Å². The lowest BCUT2D eigenvalue weighted by atomic mass is 9.70. The van der Waals surface area contributed by atoms with Crippen LogP contribution < -0.4 is 4.74 Å². The summed E-state index contributed by atoms with van der Waals surface area (Å²) in [5.74, 6) is 0.493. The zero-order valence-corrected chi connectivity index (χ0v) is 29.7. The first kappa shape index (κ1) is 35.3. The number of benzene rings is 4. The minimum absolute atomic E-state index is 0.0362. The predicted octanol–water partition coefficient (Wildman–Crippen LogP) is 6.54. The van der Waals surface area contributed by atoms with Crippen LogP contribution in [-0.2, 0) is 32.0 Å². The highest BCUT2D eigenvalue weighted by atomic mass is 16.7. The molecule has 0 saturated carbocycles. The molecule has 0 N–H and O–H groups in total. The number of hydrogen-bond acceptors (Lipinski definition) is 7. The van der Waals surface area contributed by atoms with Crippen molar-refractivity contribution in [3.05, 3.63) is 138 Å². The molecule has 2 heterocycles. The van der Waals surface area contributed by atoms with Crippen LogP contribution in [0.15, 0.2) is 115 Å². The van der Waals surface area contributed by atoms with Crippen LogP contribution in [0.2, 0.25) is 0 Å². The average Bonchev–Trinajstić information content (AvgIpc) is 3.48. The second kappa shape index (κ2) is 16.0. The fourth-order valence-corrected chi connectivity index (χ4v) is 8.13. The quantitative estimate of drug-likeness (QED) is 0.158. The standard InChI is InChI=1S/C42H49N3O5/c1-29(46)49-37(26-31-17-11-7-12-18-31)40(32-21-23-35(48-5)24-22-32)45-28-34(27-38(47)43(2)3)39-41(36(45)25-30-15-9-6-10-16-30)44(4)50-42(39)33-19-13-8-14-20-33/h6-24,34,36-37,39-42H,25-28H2,1-5H3/t34-,36-,37-,39+,40+,41-,42-/m0/s1. The van der Waals surface area contributed by atoms with Gasteiger partial charge in [0.15, 0.2) is 0 Å². The third kappa shape index (κ3) is 7.94. The molecule has 2 saturated heterocycles. The minimum Gasteiger partial charge on any atom is -0.497 e. The Hall–Kier alpha value is -4.50. The summed E-state index contributed by atoms with van der Waals surface area (Å²) in [6.45, 7) is 2.10. The molecular weight excluding hydrogens is 626 g/mol. The summed E-state index contributed by atoms with van der Waals surface area (Å²) in [7, 11) is 7.33. The SMILES string of the molecule is COc1ccc([C@H]([C@H](Cc2ccccc2)OC(C)=O)N2C[C@H](CC(=O)N(C)C)[C@@H]3[C@H]([C@@H]2Cc2ccccc2)N(C)O[C@H]3c2ccccc2)cc1. The Morgan fingerprint density at radius 3 is 2.04 bits per heavy atom. The van der Waals surface area contributed by atoms with Gasteiger partial charge in [-0.1, -0.05) is 103 Å². The molecule has 0 radical (unpaired) electrons. The van der Waals surface area contributed by atoms with Crippen LogP contribution in [0.4, 0.5) is 0 Å². The van der Waals surface area contributed by atoms with E-state index in [1.54, 1.807) is 12.0 Å². The van der Waals surface area contributed by atoms with E-state index in [2.05, 4.69) is 77.7 Å². The second-order valence-corrected chi connectivity index (χ2v) is 13.8. The zero-order chi connectivity index (χ0) is 35.2. The van der Waals surface area contributed by atoms with Crippen molar-refractivity contribution in [3.63, 3.8) is 0 Å². The number of amides is 1. The third-order valence-corrected chi connectivity index (χ3v) is 10.4. The van der Waals surface area contributed by atoms with Gasteiger partial charge < -0.3 is 14.4 Å². The number of piperidine rings is 1. The van der Waals surface area contributed by atoms with Gasteiger partial charge in [-0.2, -0.15) is 5.06 Å². The Kier molecular flexibility index (Phi) is 11.3. The average molecular weight is 676 g/mol. The Bertz CT molecular complexity index is 1690. The van der Waals surface area contributed by atoms with Crippen molar-refractivity contribution in [2.75, 3.05) is 34.8 Å². The van der Waals surface area contributed by atoms with Crippen LogP contribution in [-0.4, -0.2) is 79.7 Å². The summed E-state index contributed by atoms with van der Waals surface area (Å²) in [6.07, 6.45) is 0.923. The molecule has 2 aliphatic heterocycles. The number of ether oxygens (including phenoxy) is 2. The molecule has 262 valence electrons. The predicted molar refractivity (Wildman–Crippen MR) is 194 cm³/mol. The van der Waals surface area contributed by atoms with E-state index >= 15 is 0 Å². The van der Waals surface area contributed by atoms with Gasteiger partial charge in [-0.05, 0) is 46.7 Å². The number of fused-ring (bicyclic) bond motifs is 1. The fraction of sp³-hybridized carbons (Fsp3) is 0.381. The van der Waals surface area contributed by atoms with E-state index in [1.807, 2.05) is 68.7 Å².